The molecule has 0 saturated carbocycles. The summed E-state index contributed by atoms with van der Waals surface area (Å²) in [6.07, 6.45) is 7.92. The van der Waals surface area contributed by atoms with Crippen LogP contribution in [0.4, 0.5) is 5.82 Å². The summed E-state index contributed by atoms with van der Waals surface area (Å²) in [4.78, 5) is 12.8. The van der Waals surface area contributed by atoms with Crippen molar-refractivity contribution in [1.82, 2.24) is 29.3 Å². The Morgan fingerprint density at radius 3 is 2.89 bits per heavy atom. The maximum Gasteiger partial charge on any atom is 0.163 e. The first-order valence-corrected chi connectivity index (χ1v) is 6.08. The average molecular weight is 257 g/mol. The molecule has 7 nitrogen and oxygen atoms in total. The molecule has 0 bridgehead atoms. The Morgan fingerprint density at radius 2 is 2.11 bits per heavy atom. The molecule has 1 N–H and O–H groups in total. The van der Waals surface area contributed by atoms with Crippen molar-refractivity contribution in [3.8, 4) is 0 Å². The van der Waals surface area contributed by atoms with Gasteiger partial charge in [-0.3, -0.25) is 4.68 Å². The summed E-state index contributed by atoms with van der Waals surface area (Å²) in [5.74, 6) is 1.86. The van der Waals surface area contributed by atoms with Crippen LogP contribution in [-0.4, -0.2) is 35.8 Å². The first kappa shape index (κ1) is 11.6. The fraction of sp³-hybridized carbons (Fsp3) is 0.333. The maximum atomic E-state index is 4.29. The number of imidazole rings is 1. The first-order valence-electron chi connectivity index (χ1n) is 6.08. The minimum Gasteiger partial charge on any atom is -0.369 e. The summed E-state index contributed by atoms with van der Waals surface area (Å²) >= 11 is 0. The fourth-order valence-electron chi connectivity index (χ4n) is 2.03. The smallest absolute Gasteiger partial charge is 0.163 e. The number of aryl methyl sites for hydroxylation is 2. The maximum absolute atomic E-state index is 4.29. The lowest BCUT2D eigenvalue weighted by atomic mass is 10.3. The van der Waals surface area contributed by atoms with E-state index in [1.165, 1.54) is 0 Å². The summed E-state index contributed by atoms with van der Waals surface area (Å²) in [5.41, 5.74) is 0.828. The Labute approximate surface area is 110 Å². The summed E-state index contributed by atoms with van der Waals surface area (Å²) in [6.45, 7) is 0.770. The van der Waals surface area contributed by atoms with Crippen molar-refractivity contribution in [2.24, 2.45) is 14.1 Å². The molecule has 0 radical (unpaired) electrons. The lowest BCUT2D eigenvalue weighted by molar-refractivity contribution is 0.784. The topological polar surface area (TPSA) is 73.5 Å². The zero-order chi connectivity index (χ0) is 13.2. The van der Waals surface area contributed by atoms with E-state index in [4.69, 9.17) is 0 Å². The highest BCUT2D eigenvalue weighted by Crippen LogP contribution is 2.17. The summed E-state index contributed by atoms with van der Waals surface area (Å²) in [5, 5.41) is 8.43. The molecule has 0 saturated heterocycles. The Balaban J connectivity index is 1.74. The Bertz CT molecular complexity index is 697. The molecule has 3 aromatic heterocycles. The largest absolute Gasteiger partial charge is 0.369 e. The zero-order valence-electron chi connectivity index (χ0n) is 10.9. The minimum absolute atomic E-state index is 0.770. The van der Waals surface area contributed by atoms with Crippen LogP contribution in [0.15, 0.2) is 24.9 Å². The molecule has 0 amide bonds. The second kappa shape index (κ2) is 4.68. The summed E-state index contributed by atoms with van der Waals surface area (Å²) in [6, 6.07) is 0. The molecule has 0 fully saturated rings. The van der Waals surface area contributed by atoms with Gasteiger partial charge in [-0.2, -0.15) is 5.10 Å². The predicted molar refractivity (Wildman–Crippen MR) is 71.7 cm³/mol. The molecule has 0 spiro atoms. The van der Waals surface area contributed by atoms with E-state index in [0.717, 1.165) is 35.6 Å². The van der Waals surface area contributed by atoms with Gasteiger partial charge in [0.1, 0.15) is 18.0 Å². The standard InChI is InChI=1S/C12H15N7/c1-18-6-5-13-10(18)3-4-14-11-9-7-17-19(2)12(9)16-8-15-11/h5-8H,3-4H2,1-2H3,(H,14,15,16). The third kappa shape index (κ3) is 2.14. The van der Waals surface area contributed by atoms with E-state index in [-0.39, 0.29) is 0 Å². The highest BCUT2D eigenvalue weighted by molar-refractivity contribution is 5.85. The van der Waals surface area contributed by atoms with Gasteiger partial charge in [0, 0.05) is 39.5 Å². The van der Waals surface area contributed by atoms with Crippen LogP contribution in [0.1, 0.15) is 5.82 Å². The van der Waals surface area contributed by atoms with E-state index in [1.54, 1.807) is 23.4 Å². The molecule has 3 aromatic rings. The van der Waals surface area contributed by atoms with Crippen molar-refractivity contribution in [3.05, 3.63) is 30.7 Å². The van der Waals surface area contributed by atoms with Gasteiger partial charge in [0.25, 0.3) is 0 Å². The molecule has 98 valence electrons. The third-order valence-corrected chi connectivity index (χ3v) is 3.09. The third-order valence-electron chi connectivity index (χ3n) is 3.09. The predicted octanol–water partition coefficient (Wildman–Crippen LogP) is 0.751. The highest BCUT2D eigenvalue weighted by atomic mass is 15.3. The molecule has 0 unspecified atom stereocenters. The number of nitrogens with zero attached hydrogens (tertiary/aromatic N) is 6. The molecule has 7 heteroatoms. The van der Waals surface area contributed by atoms with Crippen molar-refractivity contribution < 1.29 is 0 Å². The Morgan fingerprint density at radius 1 is 1.21 bits per heavy atom. The molecule has 3 heterocycles. The second-order valence-corrected chi connectivity index (χ2v) is 4.36. The van der Waals surface area contributed by atoms with Crippen molar-refractivity contribution >= 4 is 16.9 Å². The number of hydrogen-bond donors (Lipinski definition) is 1. The lowest BCUT2D eigenvalue weighted by Gasteiger charge is -2.06. The van der Waals surface area contributed by atoms with E-state index >= 15 is 0 Å². The van der Waals surface area contributed by atoms with Crippen LogP contribution in [0.3, 0.4) is 0 Å². The lowest BCUT2D eigenvalue weighted by Crippen LogP contribution is -2.10. The van der Waals surface area contributed by atoms with Crippen LogP contribution in [0.5, 0.6) is 0 Å². The van der Waals surface area contributed by atoms with Crippen molar-refractivity contribution in [2.45, 2.75) is 6.42 Å². The monoisotopic (exact) mass is 257 g/mol. The number of nitrogens with one attached hydrogen (secondary N) is 1. The van der Waals surface area contributed by atoms with Crippen LogP contribution in [0.25, 0.3) is 11.0 Å². The van der Waals surface area contributed by atoms with Gasteiger partial charge in [-0.1, -0.05) is 0 Å². The van der Waals surface area contributed by atoms with Gasteiger partial charge in [-0.05, 0) is 0 Å². The van der Waals surface area contributed by atoms with Crippen molar-refractivity contribution in [3.63, 3.8) is 0 Å². The first-order chi connectivity index (χ1) is 9.25. The molecule has 0 aromatic carbocycles. The van der Waals surface area contributed by atoms with Gasteiger partial charge < -0.3 is 9.88 Å². The number of fused-ring (bicyclic) bond motifs is 1. The van der Waals surface area contributed by atoms with Gasteiger partial charge >= 0.3 is 0 Å². The highest BCUT2D eigenvalue weighted by Gasteiger charge is 2.07. The fourth-order valence-corrected chi connectivity index (χ4v) is 2.03. The molecule has 0 atom stereocenters. The molecule has 19 heavy (non-hydrogen) atoms. The van der Waals surface area contributed by atoms with Gasteiger partial charge in [0.2, 0.25) is 0 Å². The van der Waals surface area contributed by atoms with Crippen LogP contribution in [-0.2, 0) is 20.5 Å². The van der Waals surface area contributed by atoms with E-state index < -0.39 is 0 Å². The van der Waals surface area contributed by atoms with E-state index in [9.17, 15) is 0 Å². The summed E-state index contributed by atoms with van der Waals surface area (Å²) in [7, 11) is 3.86. The average Bonchev–Trinajstić information content (AvgIpc) is 2.98. The Hall–Kier alpha value is -2.44. The van der Waals surface area contributed by atoms with E-state index in [2.05, 4.69) is 25.4 Å². The van der Waals surface area contributed by atoms with E-state index in [0.29, 0.717) is 0 Å². The van der Waals surface area contributed by atoms with Gasteiger partial charge in [0.05, 0.1) is 11.6 Å². The second-order valence-electron chi connectivity index (χ2n) is 4.36. The molecule has 0 aliphatic carbocycles. The molecule has 0 aliphatic rings. The quantitative estimate of drug-likeness (QED) is 0.746. The van der Waals surface area contributed by atoms with Gasteiger partial charge in [-0.25, -0.2) is 15.0 Å². The molecule has 3 rings (SSSR count). The minimum atomic E-state index is 0.770. The van der Waals surface area contributed by atoms with E-state index in [1.807, 2.05) is 24.9 Å². The van der Waals surface area contributed by atoms with Crippen LogP contribution in [0.2, 0.25) is 0 Å². The van der Waals surface area contributed by atoms with Gasteiger partial charge in [-0.15, -0.1) is 0 Å². The molecular formula is C12H15N7. The number of aromatic nitrogens is 6. The van der Waals surface area contributed by atoms with Crippen LogP contribution < -0.4 is 5.32 Å². The zero-order valence-corrected chi connectivity index (χ0v) is 10.9. The Kier molecular flexibility index (Phi) is 2.86. The number of rotatable bonds is 4. The van der Waals surface area contributed by atoms with Gasteiger partial charge in [0.15, 0.2) is 5.65 Å². The number of anilines is 1. The molecule has 0 aliphatic heterocycles. The van der Waals surface area contributed by atoms with Crippen molar-refractivity contribution in [2.75, 3.05) is 11.9 Å². The van der Waals surface area contributed by atoms with Crippen molar-refractivity contribution in [1.29, 1.82) is 0 Å². The van der Waals surface area contributed by atoms with Crippen LogP contribution in [0, 0.1) is 0 Å². The summed E-state index contributed by atoms with van der Waals surface area (Å²) < 4.78 is 3.75. The molecular weight excluding hydrogens is 242 g/mol. The number of hydrogen-bond acceptors (Lipinski definition) is 5. The van der Waals surface area contributed by atoms with Crippen LogP contribution >= 0.6 is 0 Å². The SMILES string of the molecule is Cn1ccnc1CCNc1ncnc2c1cnn2C. The normalized spacial score (nSPS) is 11.1.